The van der Waals surface area contributed by atoms with Crippen LogP contribution in [0.25, 0.3) is 0 Å². The number of nitriles is 1. The van der Waals surface area contributed by atoms with E-state index in [-0.39, 0.29) is 5.56 Å². The molecule has 0 aromatic heterocycles. The molecule has 0 spiro atoms. The van der Waals surface area contributed by atoms with Gasteiger partial charge in [0.05, 0.1) is 18.2 Å². The van der Waals surface area contributed by atoms with Gasteiger partial charge in [0.15, 0.2) is 0 Å². The summed E-state index contributed by atoms with van der Waals surface area (Å²) in [7, 11) is 1.52. The van der Waals surface area contributed by atoms with Gasteiger partial charge >= 0.3 is 5.97 Å². The molecule has 0 radical (unpaired) electrons. The first-order chi connectivity index (χ1) is 10.0. The van der Waals surface area contributed by atoms with Gasteiger partial charge in [0, 0.05) is 6.07 Å². The maximum absolute atomic E-state index is 11.0. The summed E-state index contributed by atoms with van der Waals surface area (Å²) in [4.78, 5) is 11.0. The third-order valence-corrected chi connectivity index (χ3v) is 2.96. The number of aryl methyl sites for hydroxylation is 1. The van der Waals surface area contributed by atoms with Crippen LogP contribution in [0.3, 0.4) is 0 Å². The molecule has 5 nitrogen and oxygen atoms in total. The summed E-state index contributed by atoms with van der Waals surface area (Å²) in [5.41, 5.74) is 1.24. The lowest BCUT2D eigenvalue weighted by Crippen LogP contribution is -1.98. The summed E-state index contributed by atoms with van der Waals surface area (Å²) >= 11 is 0. The van der Waals surface area contributed by atoms with Gasteiger partial charge in [-0.25, -0.2) is 4.79 Å². The van der Waals surface area contributed by atoms with Crippen LogP contribution in [0.4, 0.5) is 0 Å². The highest BCUT2D eigenvalue weighted by Gasteiger charge is 2.11. The standard InChI is InChI=1S/C16H13NO4/c1-10-3-4-11(16(18)19)7-14(10)21-15-8-13(20-2)6-5-12(15)9-17/h3-8H,1-2H3,(H,18,19). The molecule has 0 bridgehead atoms. The highest BCUT2D eigenvalue weighted by molar-refractivity contribution is 5.88. The van der Waals surface area contributed by atoms with Gasteiger partial charge in [-0.1, -0.05) is 6.07 Å². The van der Waals surface area contributed by atoms with E-state index in [4.69, 9.17) is 19.8 Å². The molecule has 0 aliphatic rings. The first-order valence-corrected chi connectivity index (χ1v) is 6.15. The summed E-state index contributed by atoms with van der Waals surface area (Å²) in [6, 6.07) is 11.5. The summed E-state index contributed by atoms with van der Waals surface area (Å²) in [6.45, 7) is 1.80. The monoisotopic (exact) mass is 283 g/mol. The largest absolute Gasteiger partial charge is 0.497 e. The maximum Gasteiger partial charge on any atom is 0.335 e. The molecule has 0 aliphatic carbocycles. The Morgan fingerprint density at radius 3 is 2.57 bits per heavy atom. The predicted octanol–water partition coefficient (Wildman–Crippen LogP) is 3.37. The molecule has 0 unspecified atom stereocenters. The van der Waals surface area contributed by atoms with Crippen molar-refractivity contribution >= 4 is 5.97 Å². The molecule has 21 heavy (non-hydrogen) atoms. The van der Waals surface area contributed by atoms with Gasteiger partial charge in [-0.15, -0.1) is 0 Å². The van der Waals surface area contributed by atoms with Crippen molar-refractivity contribution in [3.63, 3.8) is 0 Å². The van der Waals surface area contributed by atoms with E-state index in [1.165, 1.54) is 19.2 Å². The lowest BCUT2D eigenvalue weighted by Gasteiger charge is -2.12. The van der Waals surface area contributed by atoms with E-state index in [0.717, 1.165) is 5.56 Å². The van der Waals surface area contributed by atoms with Gasteiger partial charge in [-0.2, -0.15) is 5.26 Å². The topological polar surface area (TPSA) is 79.5 Å². The average molecular weight is 283 g/mol. The van der Waals surface area contributed by atoms with Gasteiger partial charge in [0.1, 0.15) is 23.3 Å². The quantitative estimate of drug-likeness (QED) is 0.930. The first kappa shape index (κ1) is 14.4. The molecule has 2 rings (SSSR count). The SMILES string of the molecule is COc1ccc(C#N)c(Oc2cc(C(=O)O)ccc2C)c1. The zero-order chi connectivity index (χ0) is 15.4. The number of hydrogen-bond acceptors (Lipinski definition) is 4. The lowest BCUT2D eigenvalue weighted by molar-refractivity contribution is 0.0696. The van der Waals surface area contributed by atoms with Gasteiger partial charge in [0.2, 0.25) is 0 Å². The van der Waals surface area contributed by atoms with E-state index in [9.17, 15) is 4.79 Å². The number of carboxylic acids is 1. The number of rotatable bonds is 4. The molecular formula is C16H13NO4. The van der Waals surface area contributed by atoms with Crippen LogP contribution in [0, 0.1) is 18.3 Å². The lowest BCUT2D eigenvalue weighted by atomic mass is 10.1. The van der Waals surface area contributed by atoms with Crippen molar-refractivity contribution < 1.29 is 19.4 Å². The van der Waals surface area contributed by atoms with E-state index in [1.54, 1.807) is 31.2 Å². The van der Waals surface area contributed by atoms with Crippen LogP contribution in [0.1, 0.15) is 21.5 Å². The normalized spacial score (nSPS) is 9.76. The second-order valence-corrected chi connectivity index (χ2v) is 4.36. The van der Waals surface area contributed by atoms with Crippen molar-refractivity contribution in [1.82, 2.24) is 0 Å². The van der Waals surface area contributed by atoms with E-state index in [2.05, 4.69) is 0 Å². The summed E-state index contributed by atoms with van der Waals surface area (Å²) < 4.78 is 10.8. The molecule has 2 aromatic carbocycles. The van der Waals surface area contributed by atoms with Crippen LogP contribution in [0.2, 0.25) is 0 Å². The fourth-order valence-electron chi connectivity index (χ4n) is 1.77. The van der Waals surface area contributed by atoms with E-state index < -0.39 is 5.97 Å². The number of carboxylic acid groups (broad SMARTS) is 1. The van der Waals surface area contributed by atoms with E-state index >= 15 is 0 Å². The Labute approximate surface area is 122 Å². The minimum atomic E-state index is -1.04. The molecule has 106 valence electrons. The molecule has 0 saturated heterocycles. The molecular weight excluding hydrogens is 270 g/mol. The average Bonchev–Trinajstić information content (AvgIpc) is 2.49. The van der Waals surface area contributed by atoms with Crippen molar-refractivity contribution in [3.8, 4) is 23.3 Å². The Morgan fingerprint density at radius 1 is 1.19 bits per heavy atom. The van der Waals surface area contributed by atoms with E-state index in [1.807, 2.05) is 6.07 Å². The molecule has 0 amide bonds. The fraction of sp³-hybridized carbons (Fsp3) is 0.125. The van der Waals surface area contributed by atoms with Gasteiger partial charge in [-0.05, 0) is 36.8 Å². The van der Waals surface area contributed by atoms with Crippen LogP contribution < -0.4 is 9.47 Å². The minimum Gasteiger partial charge on any atom is -0.497 e. The minimum absolute atomic E-state index is 0.122. The first-order valence-electron chi connectivity index (χ1n) is 6.15. The third kappa shape index (κ3) is 3.12. The number of ether oxygens (including phenoxy) is 2. The van der Waals surface area contributed by atoms with Crippen LogP contribution in [-0.2, 0) is 0 Å². The van der Waals surface area contributed by atoms with Crippen LogP contribution in [0.15, 0.2) is 36.4 Å². The van der Waals surface area contributed by atoms with Crippen molar-refractivity contribution in [3.05, 3.63) is 53.1 Å². The number of hydrogen-bond donors (Lipinski definition) is 1. The van der Waals surface area contributed by atoms with Crippen LogP contribution in [-0.4, -0.2) is 18.2 Å². The summed E-state index contributed by atoms with van der Waals surface area (Å²) in [5, 5.41) is 18.1. The van der Waals surface area contributed by atoms with Crippen molar-refractivity contribution in [2.45, 2.75) is 6.92 Å². The Kier molecular flexibility index (Phi) is 4.10. The molecule has 0 aliphatic heterocycles. The smallest absolute Gasteiger partial charge is 0.335 e. The molecule has 5 heteroatoms. The zero-order valence-electron chi connectivity index (χ0n) is 11.6. The number of nitrogens with zero attached hydrogens (tertiary/aromatic N) is 1. The van der Waals surface area contributed by atoms with Gasteiger partial charge in [0.25, 0.3) is 0 Å². The Hall–Kier alpha value is -3.00. The molecule has 1 N–H and O–H groups in total. The second kappa shape index (κ2) is 5.97. The number of carbonyl (C=O) groups is 1. The Balaban J connectivity index is 2.44. The third-order valence-electron chi connectivity index (χ3n) is 2.96. The fourth-order valence-corrected chi connectivity index (χ4v) is 1.77. The Bertz CT molecular complexity index is 732. The molecule has 0 heterocycles. The van der Waals surface area contributed by atoms with Crippen molar-refractivity contribution in [1.29, 1.82) is 5.26 Å². The summed E-state index contributed by atoms with van der Waals surface area (Å²) in [5.74, 6) is 0.226. The molecule has 0 atom stereocenters. The predicted molar refractivity (Wildman–Crippen MR) is 75.9 cm³/mol. The highest BCUT2D eigenvalue weighted by atomic mass is 16.5. The van der Waals surface area contributed by atoms with Gasteiger partial charge in [-0.3, -0.25) is 0 Å². The summed E-state index contributed by atoms with van der Waals surface area (Å²) in [6.07, 6.45) is 0. The van der Waals surface area contributed by atoms with Crippen molar-refractivity contribution in [2.24, 2.45) is 0 Å². The van der Waals surface area contributed by atoms with Crippen molar-refractivity contribution in [2.75, 3.05) is 7.11 Å². The van der Waals surface area contributed by atoms with E-state index in [0.29, 0.717) is 22.8 Å². The molecule has 0 saturated carbocycles. The number of methoxy groups -OCH3 is 1. The highest BCUT2D eigenvalue weighted by Crippen LogP contribution is 2.31. The van der Waals surface area contributed by atoms with Gasteiger partial charge < -0.3 is 14.6 Å². The molecule has 2 aromatic rings. The second-order valence-electron chi connectivity index (χ2n) is 4.36. The number of aromatic carboxylic acids is 1. The zero-order valence-corrected chi connectivity index (χ0v) is 11.6. The van der Waals surface area contributed by atoms with Crippen LogP contribution >= 0.6 is 0 Å². The maximum atomic E-state index is 11.0. The molecule has 0 fully saturated rings. The van der Waals surface area contributed by atoms with Crippen LogP contribution in [0.5, 0.6) is 17.2 Å². The number of benzene rings is 2. The Morgan fingerprint density at radius 2 is 1.95 bits per heavy atom.